The molecule has 0 aliphatic heterocycles. The van der Waals surface area contributed by atoms with Crippen molar-refractivity contribution in [2.45, 2.75) is 25.3 Å². The summed E-state index contributed by atoms with van der Waals surface area (Å²) in [6.45, 7) is 0. The molecule has 0 radical (unpaired) electrons. The van der Waals surface area contributed by atoms with Gasteiger partial charge in [-0.15, -0.1) is 95.9 Å². The lowest BCUT2D eigenvalue weighted by Crippen LogP contribution is -2.23. The molecule has 0 spiro atoms. The van der Waals surface area contributed by atoms with Crippen molar-refractivity contribution in [2.75, 3.05) is 0 Å². The molecule has 0 fully saturated rings. The Bertz CT molecular complexity index is 118. The van der Waals surface area contributed by atoms with Crippen LogP contribution in [-0.2, 0) is 0 Å². The first-order valence-electron chi connectivity index (χ1n) is 2.99. The molecule has 1 unspecified atom stereocenters. The van der Waals surface area contributed by atoms with Crippen molar-refractivity contribution in [1.29, 1.82) is 0 Å². The van der Waals surface area contributed by atoms with Gasteiger partial charge in [0.15, 0.2) is 0 Å². The van der Waals surface area contributed by atoms with Gasteiger partial charge < -0.3 is 11.5 Å². The van der Waals surface area contributed by atoms with E-state index in [9.17, 15) is 0 Å². The predicted molar refractivity (Wildman–Crippen MR) is 95.8 cm³/mol. The summed E-state index contributed by atoms with van der Waals surface area (Å²) in [6.07, 6.45) is 5.03. The van der Waals surface area contributed by atoms with Crippen LogP contribution >= 0.6 is 95.9 Å². The Hall–Kier alpha value is 2.42. The molecule has 0 amide bonds. The zero-order valence-corrected chi connectivity index (χ0v) is 15.9. The first-order chi connectivity index (χ1) is 3.79. The molecule has 6 heteroatoms. The second-order valence-corrected chi connectivity index (χ2v) is 2.31. The standard InChI is InChI=1S/C6H12N2.4HI/c7-5-1-2-6(8)4-3-5;;;;/h1,6H,2-4,7-8H2;4*1H. The number of rotatable bonds is 0. The highest BCUT2D eigenvalue weighted by Crippen LogP contribution is 2.11. The smallest absolute Gasteiger partial charge is 0.00778 e. The molecule has 0 aromatic carbocycles. The Morgan fingerprint density at radius 3 is 1.92 bits per heavy atom. The predicted octanol–water partition coefficient (Wildman–Crippen LogP) is 2.81. The van der Waals surface area contributed by atoms with E-state index in [0.717, 1.165) is 25.0 Å². The Balaban J connectivity index is -0.0000000800. The zero-order valence-electron chi connectivity index (χ0n) is 6.56. The lowest BCUT2D eigenvalue weighted by Gasteiger charge is -2.14. The first-order valence-corrected chi connectivity index (χ1v) is 2.99. The molecule has 0 aromatic heterocycles. The van der Waals surface area contributed by atoms with Crippen molar-refractivity contribution in [3.8, 4) is 0 Å². The fraction of sp³-hybridized carbons (Fsp3) is 0.667. The van der Waals surface area contributed by atoms with Crippen LogP contribution in [0.5, 0.6) is 0 Å². The van der Waals surface area contributed by atoms with E-state index >= 15 is 0 Å². The summed E-state index contributed by atoms with van der Waals surface area (Å²) >= 11 is 0. The Labute approximate surface area is 142 Å². The van der Waals surface area contributed by atoms with Gasteiger partial charge in [0.25, 0.3) is 0 Å². The highest BCUT2D eigenvalue weighted by Gasteiger charge is 2.06. The summed E-state index contributed by atoms with van der Waals surface area (Å²) < 4.78 is 0. The molecule has 0 heterocycles. The molecule has 0 saturated carbocycles. The van der Waals surface area contributed by atoms with Crippen molar-refractivity contribution in [3.63, 3.8) is 0 Å². The van der Waals surface area contributed by atoms with E-state index in [0.29, 0.717) is 6.04 Å². The van der Waals surface area contributed by atoms with Crippen molar-refractivity contribution >= 4 is 95.9 Å². The van der Waals surface area contributed by atoms with Crippen LogP contribution in [0.4, 0.5) is 0 Å². The minimum absolute atomic E-state index is 0. The van der Waals surface area contributed by atoms with Crippen molar-refractivity contribution in [3.05, 3.63) is 11.8 Å². The summed E-state index contributed by atoms with van der Waals surface area (Å²) in [6, 6.07) is 0.363. The molecular formula is C6H16I4N2. The lowest BCUT2D eigenvalue weighted by molar-refractivity contribution is 0.587. The fourth-order valence-corrected chi connectivity index (χ4v) is 0.875. The molecule has 0 saturated heterocycles. The molecule has 78 valence electrons. The van der Waals surface area contributed by atoms with Crippen molar-refractivity contribution in [2.24, 2.45) is 11.5 Å². The number of hydrogen-bond acceptors (Lipinski definition) is 2. The average molecular weight is 624 g/mol. The number of allylic oxidation sites excluding steroid dienone is 1. The summed E-state index contributed by atoms with van der Waals surface area (Å²) in [4.78, 5) is 0. The van der Waals surface area contributed by atoms with Crippen LogP contribution in [0.15, 0.2) is 11.8 Å². The van der Waals surface area contributed by atoms with Gasteiger partial charge >= 0.3 is 0 Å². The van der Waals surface area contributed by atoms with E-state index in [-0.39, 0.29) is 95.9 Å². The maximum Gasteiger partial charge on any atom is 0.00778 e. The van der Waals surface area contributed by atoms with Gasteiger partial charge in [-0.2, -0.15) is 0 Å². The fourth-order valence-electron chi connectivity index (χ4n) is 0.875. The van der Waals surface area contributed by atoms with Crippen LogP contribution in [0.3, 0.4) is 0 Å². The van der Waals surface area contributed by atoms with E-state index in [1.165, 1.54) is 0 Å². The Kier molecular flexibility index (Phi) is 26.7. The van der Waals surface area contributed by atoms with Crippen LogP contribution in [0, 0.1) is 0 Å². The van der Waals surface area contributed by atoms with E-state index in [1.807, 2.05) is 6.08 Å². The van der Waals surface area contributed by atoms with Gasteiger partial charge in [0.1, 0.15) is 0 Å². The average Bonchev–Trinajstić information content (AvgIpc) is 1.77. The van der Waals surface area contributed by atoms with Gasteiger partial charge in [-0.3, -0.25) is 0 Å². The normalized spacial score (nSPS) is 19.8. The van der Waals surface area contributed by atoms with Gasteiger partial charge in [0, 0.05) is 11.7 Å². The third kappa shape index (κ3) is 10.5. The van der Waals surface area contributed by atoms with Crippen molar-refractivity contribution < 1.29 is 0 Å². The highest BCUT2D eigenvalue weighted by molar-refractivity contribution is 14.0. The van der Waals surface area contributed by atoms with Crippen LogP contribution in [0.25, 0.3) is 0 Å². The second kappa shape index (κ2) is 13.4. The van der Waals surface area contributed by atoms with Crippen LogP contribution in [0.1, 0.15) is 19.3 Å². The Morgan fingerprint density at radius 1 is 1.17 bits per heavy atom. The summed E-state index contributed by atoms with van der Waals surface area (Å²) in [5.74, 6) is 0. The highest BCUT2D eigenvalue weighted by atomic mass is 127. The van der Waals surface area contributed by atoms with Crippen LogP contribution in [-0.4, -0.2) is 6.04 Å². The van der Waals surface area contributed by atoms with Crippen molar-refractivity contribution in [1.82, 2.24) is 0 Å². The van der Waals surface area contributed by atoms with Gasteiger partial charge in [0.05, 0.1) is 0 Å². The minimum Gasteiger partial charge on any atom is -0.402 e. The molecular weight excluding hydrogens is 608 g/mol. The maximum atomic E-state index is 5.60. The molecule has 0 bridgehead atoms. The number of nitrogens with two attached hydrogens (primary N) is 2. The van der Waals surface area contributed by atoms with Gasteiger partial charge in [-0.1, -0.05) is 6.08 Å². The largest absolute Gasteiger partial charge is 0.402 e. The molecule has 4 N–H and O–H groups in total. The quantitative estimate of drug-likeness (QED) is 0.408. The van der Waals surface area contributed by atoms with Crippen LogP contribution < -0.4 is 11.5 Å². The molecule has 1 aliphatic rings. The van der Waals surface area contributed by atoms with Gasteiger partial charge in [0.2, 0.25) is 0 Å². The van der Waals surface area contributed by atoms with E-state index in [2.05, 4.69) is 0 Å². The third-order valence-corrected chi connectivity index (χ3v) is 1.49. The van der Waals surface area contributed by atoms with E-state index in [1.54, 1.807) is 0 Å². The number of hydrogen-bond donors (Lipinski definition) is 2. The number of halogens is 4. The van der Waals surface area contributed by atoms with E-state index < -0.39 is 0 Å². The monoisotopic (exact) mass is 624 g/mol. The van der Waals surface area contributed by atoms with Gasteiger partial charge in [-0.05, 0) is 19.3 Å². The minimum atomic E-state index is 0. The topological polar surface area (TPSA) is 52.0 Å². The Morgan fingerprint density at radius 2 is 1.67 bits per heavy atom. The molecule has 1 aliphatic carbocycles. The summed E-state index contributed by atoms with van der Waals surface area (Å²) in [5, 5.41) is 0. The zero-order chi connectivity index (χ0) is 5.98. The first kappa shape index (κ1) is 23.9. The lowest BCUT2D eigenvalue weighted by atomic mass is 10.0. The summed E-state index contributed by atoms with van der Waals surface area (Å²) in [7, 11) is 0. The SMILES string of the molecule is I.I.I.I.NC1=CCC(N)CC1. The second-order valence-electron chi connectivity index (χ2n) is 2.31. The molecule has 1 atom stereocenters. The molecule has 12 heavy (non-hydrogen) atoms. The summed E-state index contributed by atoms with van der Waals surface area (Å²) in [5.41, 5.74) is 12.1. The molecule has 0 aromatic rings. The molecule has 2 nitrogen and oxygen atoms in total. The molecule has 1 rings (SSSR count). The van der Waals surface area contributed by atoms with Gasteiger partial charge in [-0.25, -0.2) is 0 Å². The van der Waals surface area contributed by atoms with E-state index in [4.69, 9.17) is 11.5 Å². The van der Waals surface area contributed by atoms with Crippen LogP contribution in [0.2, 0.25) is 0 Å². The third-order valence-electron chi connectivity index (χ3n) is 1.49. The maximum absolute atomic E-state index is 5.60.